The highest BCUT2D eigenvalue weighted by Gasteiger charge is 2.14. The molecule has 0 aliphatic rings. The van der Waals surface area contributed by atoms with Crippen LogP contribution in [-0.2, 0) is 0 Å². The van der Waals surface area contributed by atoms with E-state index < -0.39 is 0 Å². The summed E-state index contributed by atoms with van der Waals surface area (Å²) in [5.74, 6) is -0.250. The molecular formula is C9H10BrClFN. The van der Waals surface area contributed by atoms with Crippen LogP contribution >= 0.6 is 27.5 Å². The molecule has 1 atom stereocenters. The third-order valence-electron chi connectivity index (χ3n) is 1.67. The Morgan fingerprint density at radius 2 is 2.08 bits per heavy atom. The highest BCUT2D eigenvalue weighted by Crippen LogP contribution is 2.28. The molecule has 0 heterocycles. The second-order valence-corrected chi connectivity index (χ2v) is 4.27. The van der Waals surface area contributed by atoms with Gasteiger partial charge in [0.25, 0.3) is 0 Å². The number of hydrogen-bond acceptors (Lipinski definition) is 1. The summed E-state index contributed by atoms with van der Waals surface area (Å²) in [7, 11) is 3.72. The molecule has 4 heteroatoms. The first kappa shape index (κ1) is 11.0. The molecule has 1 unspecified atom stereocenters. The van der Waals surface area contributed by atoms with Gasteiger partial charge in [0.2, 0.25) is 0 Å². The third-order valence-corrected chi connectivity index (χ3v) is 3.22. The van der Waals surface area contributed by atoms with Crippen LogP contribution in [0.25, 0.3) is 0 Å². The largest absolute Gasteiger partial charge is 0.293 e. The van der Waals surface area contributed by atoms with Crippen LogP contribution in [0.4, 0.5) is 4.39 Å². The Labute approximate surface area is 90.6 Å². The summed E-state index contributed by atoms with van der Waals surface area (Å²) in [5, 5.41) is 0.544. The van der Waals surface area contributed by atoms with E-state index in [1.807, 2.05) is 19.0 Å². The molecule has 0 N–H and O–H groups in total. The molecule has 0 bridgehead atoms. The van der Waals surface area contributed by atoms with Gasteiger partial charge in [-0.3, -0.25) is 4.90 Å². The number of halogens is 3. The fourth-order valence-corrected chi connectivity index (χ4v) is 1.51. The molecule has 0 aliphatic carbocycles. The Kier molecular flexibility index (Phi) is 3.71. The van der Waals surface area contributed by atoms with Crippen molar-refractivity contribution >= 4 is 27.5 Å². The van der Waals surface area contributed by atoms with Crippen molar-refractivity contribution in [3.05, 3.63) is 34.6 Å². The van der Waals surface area contributed by atoms with Crippen molar-refractivity contribution in [3.8, 4) is 0 Å². The average molecular weight is 267 g/mol. The fraction of sp³-hybridized carbons (Fsp3) is 0.333. The lowest BCUT2D eigenvalue weighted by Gasteiger charge is -2.18. The Hall–Kier alpha value is -0.120. The molecule has 0 aliphatic heterocycles. The van der Waals surface area contributed by atoms with Crippen LogP contribution in [0.2, 0.25) is 5.02 Å². The molecule has 72 valence electrons. The Morgan fingerprint density at radius 1 is 1.46 bits per heavy atom. The summed E-state index contributed by atoms with van der Waals surface area (Å²) in [6.45, 7) is 0. The van der Waals surface area contributed by atoms with Gasteiger partial charge >= 0.3 is 0 Å². The van der Waals surface area contributed by atoms with Crippen LogP contribution in [0.5, 0.6) is 0 Å². The van der Waals surface area contributed by atoms with Crippen molar-refractivity contribution in [2.45, 2.75) is 4.95 Å². The molecule has 0 aromatic heterocycles. The summed E-state index contributed by atoms with van der Waals surface area (Å²) in [6.07, 6.45) is 0. The van der Waals surface area contributed by atoms with E-state index in [1.54, 1.807) is 6.07 Å². The molecule has 0 saturated carbocycles. The smallest absolute Gasteiger partial charge is 0.128 e. The molecule has 0 fully saturated rings. The highest BCUT2D eigenvalue weighted by molar-refractivity contribution is 9.09. The lowest BCUT2D eigenvalue weighted by atomic mass is 10.2. The lowest BCUT2D eigenvalue weighted by molar-refractivity contribution is 0.388. The quantitative estimate of drug-likeness (QED) is 0.585. The molecule has 0 radical (unpaired) electrons. The second-order valence-electron chi connectivity index (χ2n) is 2.97. The van der Waals surface area contributed by atoms with E-state index in [-0.39, 0.29) is 10.8 Å². The molecule has 1 aromatic carbocycles. The lowest BCUT2D eigenvalue weighted by Crippen LogP contribution is -2.15. The zero-order valence-electron chi connectivity index (χ0n) is 7.39. The average Bonchev–Trinajstić information content (AvgIpc) is 2.08. The van der Waals surface area contributed by atoms with Crippen LogP contribution in [0, 0.1) is 5.82 Å². The molecule has 1 rings (SSSR count). The van der Waals surface area contributed by atoms with Crippen molar-refractivity contribution in [2.24, 2.45) is 0 Å². The van der Waals surface area contributed by atoms with E-state index in [2.05, 4.69) is 15.9 Å². The SMILES string of the molecule is CN(C)C(Br)c1cc(Cl)ccc1F. The van der Waals surface area contributed by atoms with Gasteiger partial charge in [-0.25, -0.2) is 4.39 Å². The van der Waals surface area contributed by atoms with Crippen LogP contribution in [0.1, 0.15) is 10.5 Å². The number of benzene rings is 1. The summed E-state index contributed by atoms with van der Waals surface area (Å²) in [4.78, 5) is 1.71. The maximum Gasteiger partial charge on any atom is 0.128 e. The molecular weight excluding hydrogens is 256 g/mol. The number of rotatable bonds is 2. The highest BCUT2D eigenvalue weighted by atomic mass is 79.9. The minimum atomic E-state index is -0.250. The van der Waals surface area contributed by atoms with Gasteiger partial charge in [-0.2, -0.15) is 0 Å². The summed E-state index contributed by atoms with van der Waals surface area (Å²) in [5.41, 5.74) is 0.553. The molecule has 0 spiro atoms. The molecule has 1 aromatic rings. The fourth-order valence-electron chi connectivity index (χ4n) is 0.975. The van der Waals surface area contributed by atoms with Crippen LogP contribution in [0.3, 0.4) is 0 Å². The van der Waals surface area contributed by atoms with Gasteiger partial charge in [0, 0.05) is 10.6 Å². The van der Waals surface area contributed by atoms with Gasteiger partial charge in [-0.05, 0) is 32.3 Å². The van der Waals surface area contributed by atoms with Gasteiger partial charge < -0.3 is 0 Å². The Morgan fingerprint density at radius 3 is 2.62 bits per heavy atom. The van der Waals surface area contributed by atoms with E-state index in [0.717, 1.165) is 0 Å². The van der Waals surface area contributed by atoms with Gasteiger partial charge in [0.05, 0.1) is 4.95 Å². The molecule has 0 saturated heterocycles. The topological polar surface area (TPSA) is 3.24 Å². The van der Waals surface area contributed by atoms with E-state index in [4.69, 9.17) is 11.6 Å². The van der Waals surface area contributed by atoms with Gasteiger partial charge in [-0.15, -0.1) is 0 Å². The summed E-state index contributed by atoms with van der Waals surface area (Å²) in [6, 6.07) is 4.53. The van der Waals surface area contributed by atoms with E-state index in [1.165, 1.54) is 12.1 Å². The Balaban J connectivity index is 3.05. The first-order chi connectivity index (χ1) is 6.02. The standard InChI is InChI=1S/C9H10BrClFN/c1-13(2)9(10)7-5-6(11)3-4-8(7)12/h3-5,9H,1-2H3. The number of nitrogens with zero attached hydrogens (tertiary/aromatic N) is 1. The second kappa shape index (κ2) is 4.40. The number of hydrogen-bond donors (Lipinski definition) is 0. The van der Waals surface area contributed by atoms with Crippen LogP contribution in [-0.4, -0.2) is 19.0 Å². The van der Waals surface area contributed by atoms with Crippen LogP contribution < -0.4 is 0 Å². The molecule has 1 nitrogen and oxygen atoms in total. The third kappa shape index (κ3) is 2.66. The Bertz CT molecular complexity index is 304. The van der Waals surface area contributed by atoms with Gasteiger partial charge in [0.1, 0.15) is 5.82 Å². The maximum absolute atomic E-state index is 13.3. The van der Waals surface area contributed by atoms with Gasteiger partial charge in [-0.1, -0.05) is 27.5 Å². The molecule has 0 amide bonds. The van der Waals surface area contributed by atoms with Gasteiger partial charge in [0.15, 0.2) is 0 Å². The van der Waals surface area contributed by atoms with Crippen molar-refractivity contribution < 1.29 is 4.39 Å². The van der Waals surface area contributed by atoms with Crippen molar-refractivity contribution in [3.63, 3.8) is 0 Å². The first-order valence-electron chi connectivity index (χ1n) is 3.78. The summed E-state index contributed by atoms with van der Waals surface area (Å²) >= 11 is 9.12. The predicted octanol–water partition coefficient (Wildman–Crippen LogP) is 3.43. The van der Waals surface area contributed by atoms with E-state index >= 15 is 0 Å². The van der Waals surface area contributed by atoms with Crippen molar-refractivity contribution in [2.75, 3.05) is 14.1 Å². The predicted molar refractivity (Wildman–Crippen MR) is 56.8 cm³/mol. The first-order valence-corrected chi connectivity index (χ1v) is 5.07. The zero-order valence-corrected chi connectivity index (χ0v) is 9.73. The normalized spacial score (nSPS) is 13.4. The zero-order chi connectivity index (χ0) is 10.0. The monoisotopic (exact) mass is 265 g/mol. The van der Waals surface area contributed by atoms with E-state index in [0.29, 0.717) is 10.6 Å². The minimum Gasteiger partial charge on any atom is -0.293 e. The van der Waals surface area contributed by atoms with Crippen LogP contribution in [0.15, 0.2) is 18.2 Å². The molecule has 13 heavy (non-hydrogen) atoms. The summed E-state index contributed by atoms with van der Waals surface area (Å²) < 4.78 is 13.3. The minimum absolute atomic E-state index is 0.147. The van der Waals surface area contributed by atoms with Crippen molar-refractivity contribution in [1.29, 1.82) is 0 Å². The van der Waals surface area contributed by atoms with E-state index in [9.17, 15) is 4.39 Å². The maximum atomic E-state index is 13.3. The number of alkyl halides is 1. The van der Waals surface area contributed by atoms with Crippen molar-refractivity contribution in [1.82, 2.24) is 4.90 Å².